The van der Waals surface area contributed by atoms with Crippen LogP contribution in [0.5, 0.6) is 0 Å². The number of hydrogen-bond donors (Lipinski definition) is 0. The monoisotopic (exact) mass is 570 g/mol. The first-order chi connectivity index (χ1) is 18.4. The molecular formula is C28H23BrN6O3. The number of benzene rings is 3. The number of hydrazone groups is 1. The molecule has 0 aliphatic carbocycles. The van der Waals surface area contributed by atoms with Crippen LogP contribution in [0.15, 0.2) is 98.8 Å². The standard InChI is InChI=1S/C28H23BrN6O3/c1-17-7-13-21(14-8-17)34-27(37)25-26(28(34)38)33(32-30-25)16-24(36)35-23(19-5-3-2-4-6-19)15-22(31-35)18-9-11-20(29)12-10-18/h2-14,23,25-26H,15-16H2,1H3/t23-,25+,26+/m0/s1. The number of aryl methyl sites for hydroxylation is 1. The van der Waals surface area contributed by atoms with Gasteiger partial charge >= 0.3 is 0 Å². The van der Waals surface area contributed by atoms with E-state index < -0.39 is 23.9 Å². The average Bonchev–Trinajstić information content (AvgIpc) is 3.61. The fourth-order valence-corrected chi connectivity index (χ4v) is 5.27. The topological polar surface area (TPSA) is 98.0 Å². The number of amides is 3. The second-order valence-corrected chi connectivity index (χ2v) is 10.4. The molecule has 0 bridgehead atoms. The normalized spacial score (nSPS) is 22.3. The van der Waals surface area contributed by atoms with Gasteiger partial charge in [-0.2, -0.15) is 10.2 Å². The number of imide groups is 1. The number of nitrogens with zero attached hydrogens (tertiary/aromatic N) is 6. The van der Waals surface area contributed by atoms with Crippen LogP contribution in [0.1, 0.15) is 29.2 Å². The van der Waals surface area contributed by atoms with Gasteiger partial charge in [-0.1, -0.05) is 81.3 Å². The van der Waals surface area contributed by atoms with Crippen LogP contribution in [0, 0.1) is 6.92 Å². The molecule has 0 N–H and O–H groups in total. The molecule has 0 radical (unpaired) electrons. The quantitative estimate of drug-likeness (QED) is 0.424. The van der Waals surface area contributed by atoms with Crippen LogP contribution in [0.3, 0.4) is 0 Å². The Morgan fingerprint density at radius 3 is 2.37 bits per heavy atom. The molecule has 9 nitrogen and oxygen atoms in total. The highest BCUT2D eigenvalue weighted by Gasteiger charge is 2.55. The van der Waals surface area contributed by atoms with Gasteiger partial charge in [0.05, 0.1) is 17.4 Å². The van der Waals surface area contributed by atoms with E-state index in [0.29, 0.717) is 12.1 Å². The third kappa shape index (κ3) is 4.20. The molecule has 1 saturated heterocycles. The van der Waals surface area contributed by atoms with Crippen LogP contribution in [-0.2, 0) is 14.4 Å². The third-order valence-electron chi connectivity index (χ3n) is 6.98. The van der Waals surface area contributed by atoms with Gasteiger partial charge in [-0.05, 0) is 42.3 Å². The zero-order valence-electron chi connectivity index (χ0n) is 20.4. The molecule has 0 aromatic heterocycles. The smallest absolute Gasteiger partial charge is 0.264 e. The fraction of sp³-hybridized carbons (Fsp3) is 0.214. The van der Waals surface area contributed by atoms with Gasteiger partial charge in [0.25, 0.3) is 17.7 Å². The van der Waals surface area contributed by atoms with Crippen LogP contribution in [0.2, 0.25) is 0 Å². The summed E-state index contributed by atoms with van der Waals surface area (Å²) < 4.78 is 0.955. The number of carbonyl (C=O) groups excluding carboxylic acids is 3. The van der Waals surface area contributed by atoms with Gasteiger partial charge in [0.1, 0.15) is 6.54 Å². The summed E-state index contributed by atoms with van der Waals surface area (Å²) in [7, 11) is 0. The largest absolute Gasteiger partial charge is 0.271 e. The van der Waals surface area contributed by atoms with Crippen molar-refractivity contribution in [3.63, 3.8) is 0 Å². The van der Waals surface area contributed by atoms with Crippen LogP contribution >= 0.6 is 15.9 Å². The van der Waals surface area contributed by atoms with Gasteiger partial charge in [0.15, 0.2) is 12.1 Å². The molecule has 3 aromatic rings. The second kappa shape index (κ2) is 9.60. The highest BCUT2D eigenvalue weighted by atomic mass is 79.9. The summed E-state index contributed by atoms with van der Waals surface area (Å²) >= 11 is 3.46. The number of fused-ring (bicyclic) bond motifs is 1. The Labute approximate surface area is 227 Å². The van der Waals surface area contributed by atoms with E-state index in [0.717, 1.165) is 31.8 Å². The van der Waals surface area contributed by atoms with Crippen LogP contribution in [0.25, 0.3) is 0 Å². The van der Waals surface area contributed by atoms with Crippen LogP contribution < -0.4 is 4.90 Å². The molecule has 3 aliphatic heterocycles. The maximum atomic E-state index is 13.6. The fourth-order valence-electron chi connectivity index (χ4n) is 5.01. The molecule has 38 heavy (non-hydrogen) atoms. The minimum absolute atomic E-state index is 0.230. The lowest BCUT2D eigenvalue weighted by Crippen LogP contribution is -2.44. The number of rotatable bonds is 5. The predicted molar refractivity (Wildman–Crippen MR) is 144 cm³/mol. The number of anilines is 1. The summed E-state index contributed by atoms with van der Waals surface area (Å²) in [5.41, 5.74) is 4.17. The van der Waals surface area contributed by atoms with Gasteiger partial charge < -0.3 is 0 Å². The van der Waals surface area contributed by atoms with Gasteiger partial charge in [-0.15, -0.1) is 0 Å². The van der Waals surface area contributed by atoms with Crippen molar-refractivity contribution in [2.45, 2.75) is 31.5 Å². The van der Waals surface area contributed by atoms with Crippen LogP contribution in [0.4, 0.5) is 5.69 Å². The lowest BCUT2D eigenvalue weighted by atomic mass is 9.98. The Bertz CT molecular complexity index is 1470. The van der Waals surface area contributed by atoms with Crippen molar-refractivity contribution >= 4 is 45.1 Å². The Balaban J connectivity index is 1.25. The van der Waals surface area contributed by atoms with E-state index >= 15 is 0 Å². The van der Waals surface area contributed by atoms with E-state index in [9.17, 15) is 14.4 Å². The lowest BCUT2D eigenvalue weighted by molar-refractivity contribution is -0.135. The summed E-state index contributed by atoms with van der Waals surface area (Å²) in [6, 6.07) is 22.4. The first-order valence-corrected chi connectivity index (χ1v) is 13.0. The molecule has 0 saturated carbocycles. The number of carbonyl (C=O) groups is 3. The van der Waals surface area contributed by atoms with E-state index in [2.05, 4.69) is 26.3 Å². The summed E-state index contributed by atoms with van der Waals surface area (Å²) in [6.07, 6.45) is 0.545. The van der Waals surface area contributed by atoms with Crippen molar-refractivity contribution < 1.29 is 14.4 Å². The Kier molecular flexibility index (Phi) is 6.11. The summed E-state index contributed by atoms with van der Waals surface area (Å²) in [5.74, 6) is -1.22. The van der Waals surface area contributed by atoms with Gasteiger partial charge in [0.2, 0.25) is 0 Å². The molecule has 3 aromatic carbocycles. The van der Waals surface area contributed by atoms with Gasteiger partial charge in [0, 0.05) is 10.9 Å². The first-order valence-electron chi connectivity index (χ1n) is 12.2. The average molecular weight is 571 g/mol. The molecule has 3 amide bonds. The highest BCUT2D eigenvalue weighted by Crippen LogP contribution is 2.35. The number of hydrogen-bond acceptors (Lipinski definition) is 7. The van der Waals surface area contributed by atoms with Crippen molar-refractivity contribution in [2.75, 3.05) is 11.4 Å². The minimum atomic E-state index is -0.970. The van der Waals surface area contributed by atoms with Crippen molar-refractivity contribution in [1.29, 1.82) is 0 Å². The molecule has 0 unspecified atom stereocenters. The summed E-state index contributed by atoms with van der Waals surface area (Å²) in [6.45, 7) is 1.70. The Hall–Kier alpha value is -4.18. The molecule has 10 heteroatoms. The lowest BCUT2D eigenvalue weighted by Gasteiger charge is -2.25. The molecule has 1 fully saturated rings. The minimum Gasteiger partial charge on any atom is -0.271 e. The third-order valence-corrected chi connectivity index (χ3v) is 7.50. The molecular weight excluding hydrogens is 548 g/mol. The summed E-state index contributed by atoms with van der Waals surface area (Å²) in [5, 5.41) is 15.6. The maximum Gasteiger partial charge on any atom is 0.264 e. The molecule has 6 rings (SSSR count). The van der Waals surface area contributed by atoms with Crippen molar-refractivity contribution in [3.8, 4) is 0 Å². The van der Waals surface area contributed by atoms with Gasteiger partial charge in [-0.25, -0.2) is 9.91 Å². The summed E-state index contributed by atoms with van der Waals surface area (Å²) in [4.78, 5) is 41.1. The van der Waals surface area contributed by atoms with Crippen LogP contribution in [-0.4, -0.2) is 52.1 Å². The van der Waals surface area contributed by atoms with E-state index in [4.69, 9.17) is 5.10 Å². The zero-order valence-corrected chi connectivity index (χ0v) is 22.0. The highest BCUT2D eigenvalue weighted by molar-refractivity contribution is 9.10. The zero-order chi connectivity index (χ0) is 26.4. The first kappa shape index (κ1) is 24.2. The van der Waals surface area contributed by atoms with E-state index in [1.807, 2.05) is 73.7 Å². The molecule has 0 spiro atoms. The Morgan fingerprint density at radius 2 is 1.66 bits per heavy atom. The molecule has 3 atom stereocenters. The molecule has 3 heterocycles. The Morgan fingerprint density at radius 1 is 0.947 bits per heavy atom. The predicted octanol–water partition coefficient (Wildman–Crippen LogP) is 4.43. The van der Waals surface area contributed by atoms with E-state index in [1.54, 1.807) is 12.1 Å². The second-order valence-electron chi connectivity index (χ2n) is 9.46. The van der Waals surface area contributed by atoms with E-state index in [-0.39, 0.29) is 18.5 Å². The SMILES string of the molecule is Cc1ccc(N2C(=O)[C@@H]3N=NN(CC(=O)N4N=C(c5ccc(Br)cc5)C[C@H]4c4ccccc4)[C@H]3C2=O)cc1. The van der Waals surface area contributed by atoms with Gasteiger partial charge in [-0.3, -0.25) is 19.4 Å². The van der Waals surface area contributed by atoms with Crippen molar-refractivity contribution in [2.24, 2.45) is 15.4 Å². The maximum absolute atomic E-state index is 13.6. The molecule has 190 valence electrons. The van der Waals surface area contributed by atoms with Crippen molar-refractivity contribution in [3.05, 3.63) is 100 Å². The number of halogens is 1. The van der Waals surface area contributed by atoms with Crippen molar-refractivity contribution in [1.82, 2.24) is 10.0 Å². The molecule has 3 aliphatic rings. The van der Waals surface area contributed by atoms with E-state index in [1.165, 1.54) is 10.0 Å².